The average Bonchev–Trinajstić information content (AvgIpc) is 1.74. The normalized spacial score (nSPS) is 12.3. The van der Waals surface area contributed by atoms with Gasteiger partial charge in [-0.15, -0.1) is 45.3 Å². The molecule has 10 aromatic carbocycles. The van der Waals surface area contributed by atoms with Crippen LogP contribution in [0.1, 0.15) is 72.4 Å². The summed E-state index contributed by atoms with van der Waals surface area (Å²) in [6.45, 7) is 14.1. The number of carbonyl (C=O) groups is 2. The smallest absolute Gasteiger partial charge is 0.374 e. The van der Waals surface area contributed by atoms with Crippen molar-refractivity contribution < 1.29 is 31.4 Å². The van der Waals surface area contributed by atoms with E-state index in [9.17, 15) is 0 Å². The fourth-order valence-corrected chi connectivity index (χ4v) is 25.9. The summed E-state index contributed by atoms with van der Waals surface area (Å²) in [6.07, 6.45) is 0.993. The number of aryl methyl sites for hydroxylation is 2. The molecule has 0 saturated heterocycles. The fraction of sp³-hybridized carbons (Fsp3) is 0.205. The maximum atomic E-state index is 15.5. The van der Waals surface area contributed by atoms with Crippen molar-refractivity contribution in [2.45, 2.75) is 66.5 Å². The van der Waals surface area contributed by atoms with Crippen LogP contribution in [-0.4, -0.2) is 68.9 Å². The first kappa shape index (κ1) is 62.7. The SMILES string of the molecule is CCO[Si](CCCNC(=O)c1c(-c2cccc3c2sc2ccccc23)cc(C)cc1-c1cccc2c1sc1ccccc12)(OCC)O[Si](CCCNC(=O)c1c(-c2cccc3c2sc2ccccc23)cc(C)cc1-c1cccc2c1sc1ccccc12)(OCC)OCC. The van der Waals surface area contributed by atoms with Crippen LogP contribution in [-0.2, 0) is 21.8 Å². The third kappa shape index (κ3) is 12.0. The monoisotopic (exact) mass is 1330 g/mol. The van der Waals surface area contributed by atoms with Gasteiger partial charge < -0.3 is 32.5 Å². The number of thiophene rings is 4. The Bertz CT molecular complexity index is 4560. The third-order valence-electron chi connectivity index (χ3n) is 17.5. The van der Waals surface area contributed by atoms with Gasteiger partial charge in [0.15, 0.2) is 0 Å². The van der Waals surface area contributed by atoms with Crippen LogP contribution < -0.4 is 10.6 Å². The quantitative estimate of drug-likeness (QED) is 0.0459. The van der Waals surface area contributed by atoms with E-state index in [0.717, 1.165) is 74.4 Å². The van der Waals surface area contributed by atoms with E-state index in [-0.39, 0.29) is 11.8 Å². The Morgan fingerprint density at radius 3 is 0.871 bits per heavy atom. The lowest BCUT2D eigenvalue weighted by molar-refractivity contribution is 0.0486. The minimum Gasteiger partial charge on any atom is -0.374 e. The van der Waals surface area contributed by atoms with Crippen LogP contribution in [0.3, 0.4) is 0 Å². The largest absolute Gasteiger partial charge is 0.493 e. The van der Waals surface area contributed by atoms with E-state index in [4.69, 9.17) is 21.8 Å². The van der Waals surface area contributed by atoms with Crippen molar-refractivity contribution in [1.29, 1.82) is 0 Å². The maximum absolute atomic E-state index is 15.5. The predicted octanol–water partition coefficient (Wildman–Crippen LogP) is 21.4. The molecular weight excluding hydrogens is 1260 g/mol. The van der Waals surface area contributed by atoms with Gasteiger partial charge in [0.1, 0.15) is 0 Å². The number of nitrogens with one attached hydrogen (secondary N) is 2. The van der Waals surface area contributed by atoms with E-state index in [0.29, 0.717) is 75.6 Å². The molecule has 0 saturated carbocycles. The van der Waals surface area contributed by atoms with Crippen molar-refractivity contribution in [2.24, 2.45) is 0 Å². The maximum Gasteiger partial charge on any atom is 0.493 e. The Balaban J connectivity index is 0.751. The predicted molar refractivity (Wildman–Crippen MR) is 398 cm³/mol. The highest BCUT2D eigenvalue weighted by Crippen LogP contribution is 2.49. The molecule has 0 aliphatic rings. The van der Waals surface area contributed by atoms with E-state index in [1.807, 2.05) is 27.7 Å². The van der Waals surface area contributed by atoms with Crippen molar-refractivity contribution >= 4 is 155 Å². The summed E-state index contributed by atoms with van der Waals surface area (Å²) in [4.78, 5) is 31.1. The third-order valence-corrected chi connectivity index (χ3v) is 29.7. The van der Waals surface area contributed by atoms with E-state index in [1.54, 1.807) is 45.3 Å². The standard InChI is InChI=1S/C78H72N2O7S4Si2/c1-7-83-92(84-8-2,43-23-41-79-77(81)71-63(59-33-19-29-55-51-25-11-15-37-67(51)88-73(55)59)45-49(5)46-64(71)60-34-20-30-56-52-26-12-16-38-68(52)89-74(56)60)87-93(85-9-3,86-10-4)44-24-42-80-78(82)72-65(61-35-21-31-57-53-27-13-17-39-69(53)90-75(57)61)47-50(6)48-66(72)62-36-22-32-58-54-28-14-18-40-70(54)91-76(58)62/h11-22,25-40,45-48H,7-10,23-24,41-44H2,1-6H3,(H,79,81)(H,80,82). The van der Waals surface area contributed by atoms with Gasteiger partial charge in [0.05, 0.1) is 11.1 Å². The number of fused-ring (bicyclic) bond motifs is 12. The summed E-state index contributed by atoms with van der Waals surface area (Å²) in [5, 5.41) is 16.3. The van der Waals surface area contributed by atoms with Crippen molar-refractivity contribution in [2.75, 3.05) is 39.5 Å². The van der Waals surface area contributed by atoms with Gasteiger partial charge in [-0.05, 0) is 112 Å². The first-order valence-electron chi connectivity index (χ1n) is 32.3. The van der Waals surface area contributed by atoms with Crippen LogP contribution in [0.5, 0.6) is 0 Å². The molecule has 93 heavy (non-hydrogen) atoms. The molecule has 4 aromatic heterocycles. The second-order valence-electron chi connectivity index (χ2n) is 23.5. The first-order valence-corrected chi connectivity index (χ1v) is 39.4. The molecule has 2 N–H and O–H groups in total. The Morgan fingerprint density at radius 2 is 0.602 bits per heavy atom. The molecule has 14 aromatic rings. The van der Waals surface area contributed by atoms with Crippen LogP contribution in [0.2, 0.25) is 12.1 Å². The molecule has 0 aliphatic heterocycles. The molecule has 0 spiro atoms. The van der Waals surface area contributed by atoms with Gasteiger partial charge in [-0.3, -0.25) is 9.59 Å². The van der Waals surface area contributed by atoms with Gasteiger partial charge in [0.2, 0.25) is 0 Å². The second kappa shape index (κ2) is 26.9. The highest BCUT2D eigenvalue weighted by Gasteiger charge is 2.53. The number of carbonyl (C=O) groups excluding carboxylic acids is 2. The summed E-state index contributed by atoms with van der Waals surface area (Å²) >= 11 is 7.07. The molecule has 14 rings (SSSR count). The minimum atomic E-state index is -3.61. The molecule has 2 amide bonds. The lowest BCUT2D eigenvalue weighted by Gasteiger charge is -2.38. The number of hydrogen-bond acceptors (Lipinski definition) is 11. The molecular formula is C78H72N2O7S4Si2. The molecule has 468 valence electrons. The summed E-state index contributed by atoms with van der Waals surface area (Å²) in [5.74, 6) is -0.323. The Labute approximate surface area is 560 Å². The van der Waals surface area contributed by atoms with E-state index < -0.39 is 17.6 Å². The van der Waals surface area contributed by atoms with E-state index >= 15 is 9.59 Å². The summed E-state index contributed by atoms with van der Waals surface area (Å²) in [5.41, 5.74) is 11.1. The van der Waals surface area contributed by atoms with Crippen LogP contribution in [0.25, 0.3) is 125 Å². The molecule has 0 aliphatic carbocycles. The first-order chi connectivity index (χ1) is 45.5. The summed E-state index contributed by atoms with van der Waals surface area (Å²) in [7, 11) is -7.22. The molecule has 0 radical (unpaired) electrons. The van der Waals surface area contributed by atoms with Gasteiger partial charge in [-0.2, -0.15) is 0 Å². The summed E-state index contributed by atoms with van der Waals surface area (Å²) < 4.78 is 43.6. The van der Waals surface area contributed by atoms with Gasteiger partial charge >= 0.3 is 17.6 Å². The lowest BCUT2D eigenvalue weighted by atomic mass is 9.88. The van der Waals surface area contributed by atoms with Crippen molar-refractivity contribution in [3.05, 3.63) is 216 Å². The molecule has 0 unspecified atom stereocenters. The molecule has 0 atom stereocenters. The zero-order valence-electron chi connectivity index (χ0n) is 53.0. The topological polar surface area (TPSA) is 104 Å². The highest BCUT2D eigenvalue weighted by atomic mass is 32.1. The lowest BCUT2D eigenvalue weighted by Crippen LogP contribution is -2.59. The molecule has 0 bridgehead atoms. The Morgan fingerprint density at radius 1 is 0.344 bits per heavy atom. The zero-order valence-corrected chi connectivity index (χ0v) is 58.3. The second-order valence-corrected chi connectivity index (χ2v) is 33.4. The molecule has 9 nitrogen and oxygen atoms in total. The van der Waals surface area contributed by atoms with Crippen molar-refractivity contribution in [1.82, 2.24) is 10.6 Å². The van der Waals surface area contributed by atoms with Gasteiger partial charge in [-0.25, -0.2) is 0 Å². The number of hydrogen-bond donors (Lipinski definition) is 2. The average molecular weight is 1330 g/mol. The van der Waals surface area contributed by atoms with Gasteiger partial charge in [-0.1, -0.05) is 170 Å². The van der Waals surface area contributed by atoms with E-state index in [2.05, 4.69) is 219 Å². The highest BCUT2D eigenvalue weighted by molar-refractivity contribution is 7.27. The fourth-order valence-electron chi connectivity index (χ4n) is 13.6. The number of amides is 2. The molecule has 0 fully saturated rings. The summed E-state index contributed by atoms with van der Waals surface area (Å²) in [6, 6.07) is 69.5. The van der Waals surface area contributed by atoms with Crippen molar-refractivity contribution in [3.8, 4) is 44.5 Å². The zero-order chi connectivity index (χ0) is 63.8. The van der Waals surface area contributed by atoms with Crippen LogP contribution >= 0.6 is 45.3 Å². The minimum absolute atomic E-state index is 0.161. The molecule has 4 heterocycles. The van der Waals surface area contributed by atoms with E-state index in [1.165, 1.54) is 61.9 Å². The van der Waals surface area contributed by atoms with Gasteiger partial charge in [0, 0.05) is 155 Å². The van der Waals surface area contributed by atoms with Crippen LogP contribution in [0.4, 0.5) is 0 Å². The Kier molecular flexibility index (Phi) is 18.2. The van der Waals surface area contributed by atoms with Crippen LogP contribution in [0, 0.1) is 13.8 Å². The number of benzene rings is 10. The Hall–Kier alpha value is -7.75. The number of rotatable bonds is 24. The molecule has 15 heteroatoms. The van der Waals surface area contributed by atoms with Gasteiger partial charge in [0.25, 0.3) is 11.8 Å². The van der Waals surface area contributed by atoms with Crippen molar-refractivity contribution in [3.63, 3.8) is 0 Å². The van der Waals surface area contributed by atoms with Crippen LogP contribution in [0.15, 0.2) is 194 Å².